The number of thiazole rings is 1. The minimum absolute atomic E-state index is 0.128. The van der Waals surface area contributed by atoms with E-state index in [0.717, 1.165) is 53.3 Å². The van der Waals surface area contributed by atoms with Crippen LogP contribution in [0.4, 0.5) is 5.13 Å². The van der Waals surface area contributed by atoms with E-state index < -0.39 is 6.04 Å². The number of H-pyrrole nitrogens is 1. The van der Waals surface area contributed by atoms with Gasteiger partial charge >= 0.3 is 0 Å². The van der Waals surface area contributed by atoms with Crippen LogP contribution in [0.1, 0.15) is 23.0 Å². The van der Waals surface area contributed by atoms with Gasteiger partial charge in [0.05, 0.1) is 23.4 Å². The van der Waals surface area contributed by atoms with E-state index in [1.165, 1.54) is 4.70 Å². The molecule has 0 bridgehead atoms. The molecule has 5 aromatic rings. The molecule has 0 radical (unpaired) electrons. The fourth-order valence-corrected chi connectivity index (χ4v) is 5.97. The summed E-state index contributed by atoms with van der Waals surface area (Å²) in [5.41, 5.74) is 3.49. The van der Waals surface area contributed by atoms with Crippen molar-refractivity contribution >= 4 is 37.6 Å². The Morgan fingerprint density at radius 2 is 1.95 bits per heavy atom. The van der Waals surface area contributed by atoms with Gasteiger partial charge in [0, 0.05) is 44.4 Å². The molecule has 1 N–H and O–H groups in total. The Labute approximate surface area is 217 Å². The molecule has 1 saturated heterocycles. The van der Waals surface area contributed by atoms with E-state index in [2.05, 4.69) is 48.5 Å². The molecule has 6 rings (SSSR count). The Morgan fingerprint density at radius 1 is 1.11 bits per heavy atom. The first-order valence-electron chi connectivity index (χ1n) is 12.3. The molecule has 10 nitrogen and oxygen atoms in total. The second-order valence-corrected chi connectivity index (χ2v) is 10.3. The molecule has 11 heteroatoms. The number of nitrogens with zero attached hydrogens (tertiary/aromatic N) is 7. The lowest BCUT2D eigenvalue weighted by atomic mass is 10.0. The van der Waals surface area contributed by atoms with Crippen LogP contribution in [0.15, 0.2) is 53.3 Å². The van der Waals surface area contributed by atoms with Crippen molar-refractivity contribution in [3.05, 3.63) is 75.8 Å². The lowest BCUT2D eigenvalue weighted by Crippen LogP contribution is -2.49. The number of nitrogens with one attached hydrogen (secondary N) is 1. The molecule has 0 saturated carbocycles. The van der Waals surface area contributed by atoms with E-state index in [4.69, 9.17) is 9.72 Å². The summed E-state index contributed by atoms with van der Waals surface area (Å²) in [4.78, 5) is 25.9. The third kappa shape index (κ3) is 4.61. The summed E-state index contributed by atoms with van der Waals surface area (Å²) in [7, 11) is 1.65. The number of anilines is 1. The lowest BCUT2D eigenvalue weighted by Gasteiger charge is -2.38. The highest BCUT2D eigenvalue weighted by atomic mass is 32.1. The first kappa shape index (κ1) is 23.7. The summed E-state index contributed by atoms with van der Waals surface area (Å²) in [6.07, 6.45) is 0. The second kappa shape index (κ2) is 10.0. The van der Waals surface area contributed by atoms with Gasteiger partial charge in [-0.3, -0.25) is 9.69 Å². The number of tetrazole rings is 1. The van der Waals surface area contributed by atoms with Crippen LogP contribution in [0.3, 0.4) is 0 Å². The number of aryl methyl sites for hydroxylation is 1. The Hall–Kier alpha value is -3.67. The highest BCUT2D eigenvalue weighted by Gasteiger charge is 2.33. The van der Waals surface area contributed by atoms with Crippen molar-refractivity contribution in [3.8, 4) is 0 Å². The van der Waals surface area contributed by atoms with Crippen LogP contribution in [-0.4, -0.2) is 75.0 Å². The quantitative estimate of drug-likeness (QED) is 0.352. The molecule has 1 aliphatic rings. The average Bonchev–Trinajstić information content (AvgIpc) is 3.56. The number of aromatic amines is 1. The Bertz CT molecular complexity index is 1570. The zero-order valence-corrected chi connectivity index (χ0v) is 21.6. The highest BCUT2D eigenvalue weighted by molar-refractivity contribution is 7.22. The molecule has 2 aromatic carbocycles. The fraction of sp³-hybridized carbons (Fsp3) is 0.346. The standard InChI is InChI=1S/C26H28N8O2S/c1-17-7-8-20-18(15-17)16-19(25(35)27-20)23(24-29-30-31-34(24)13-14-36-2)32-9-11-33(12-10-32)26-28-21-5-3-4-6-22(21)37-26/h3-8,15-16,23H,9-14H2,1-2H3,(H,27,35)/t23-/m1/s1. The van der Waals surface area contributed by atoms with Crippen LogP contribution in [0, 0.1) is 6.92 Å². The number of benzene rings is 2. The second-order valence-electron chi connectivity index (χ2n) is 9.29. The van der Waals surface area contributed by atoms with Crippen LogP contribution in [0.5, 0.6) is 0 Å². The number of aromatic nitrogens is 6. The zero-order chi connectivity index (χ0) is 25.4. The number of hydrogen-bond acceptors (Lipinski definition) is 9. The monoisotopic (exact) mass is 516 g/mol. The first-order chi connectivity index (χ1) is 18.1. The van der Waals surface area contributed by atoms with Gasteiger partial charge in [0.15, 0.2) is 11.0 Å². The third-order valence-electron chi connectivity index (χ3n) is 6.87. The number of hydrogen-bond donors (Lipinski definition) is 1. The molecule has 0 aliphatic carbocycles. The van der Waals surface area contributed by atoms with Gasteiger partial charge in [-0.05, 0) is 53.1 Å². The molecule has 0 amide bonds. The van der Waals surface area contributed by atoms with Crippen LogP contribution >= 0.6 is 11.3 Å². The highest BCUT2D eigenvalue weighted by Crippen LogP contribution is 2.32. The van der Waals surface area contributed by atoms with E-state index in [9.17, 15) is 4.79 Å². The number of ether oxygens (including phenoxy) is 1. The molecule has 4 heterocycles. The molecular weight excluding hydrogens is 488 g/mol. The van der Waals surface area contributed by atoms with E-state index in [-0.39, 0.29) is 5.56 Å². The van der Waals surface area contributed by atoms with Crippen molar-refractivity contribution in [1.82, 2.24) is 35.1 Å². The fourth-order valence-electron chi connectivity index (χ4n) is 4.96. The van der Waals surface area contributed by atoms with Gasteiger partial charge < -0.3 is 14.6 Å². The summed E-state index contributed by atoms with van der Waals surface area (Å²) < 4.78 is 8.21. The maximum absolute atomic E-state index is 13.4. The van der Waals surface area contributed by atoms with Gasteiger partial charge in [0.25, 0.3) is 5.56 Å². The first-order valence-corrected chi connectivity index (χ1v) is 13.2. The number of fused-ring (bicyclic) bond motifs is 2. The van der Waals surface area contributed by atoms with Crippen molar-refractivity contribution in [3.63, 3.8) is 0 Å². The molecule has 0 spiro atoms. The predicted molar refractivity (Wildman–Crippen MR) is 144 cm³/mol. The van der Waals surface area contributed by atoms with Crippen molar-refractivity contribution < 1.29 is 4.74 Å². The van der Waals surface area contributed by atoms with E-state index in [1.54, 1.807) is 23.1 Å². The largest absolute Gasteiger partial charge is 0.383 e. The normalized spacial score (nSPS) is 15.6. The number of rotatable bonds is 7. The lowest BCUT2D eigenvalue weighted by molar-refractivity contribution is 0.171. The Kier molecular flexibility index (Phi) is 6.41. The number of para-hydroxylation sites is 1. The summed E-state index contributed by atoms with van der Waals surface area (Å²) in [6.45, 7) is 6.09. The predicted octanol–water partition coefficient (Wildman–Crippen LogP) is 2.99. The smallest absolute Gasteiger partial charge is 0.253 e. The van der Waals surface area contributed by atoms with Crippen molar-refractivity contribution in [1.29, 1.82) is 0 Å². The van der Waals surface area contributed by atoms with Crippen LogP contribution in [0.2, 0.25) is 0 Å². The SMILES string of the molecule is COCCn1nnnc1[C@@H](c1cc2cc(C)ccc2[nH]c1=O)N1CCN(c2nc3ccccc3s2)CC1. The van der Waals surface area contributed by atoms with Crippen molar-refractivity contribution in [2.45, 2.75) is 19.5 Å². The van der Waals surface area contributed by atoms with Gasteiger partial charge in [0.2, 0.25) is 0 Å². The van der Waals surface area contributed by atoms with Crippen LogP contribution in [0.25, 0.3) is 21.1 Å². The van der Waals surface area contributed by atoms with Gasteiger partial charge in [-0.25, -0.2) is 9.67 Å². The number of piperazine rings is 1. The summed E-state index contributed by atoms with van der Waals surface area (Å²) >= 11 is 1.72. The minimum atomic E-state index is -0.391. The molecule has 190 valence electrons. The summed E-state index contributed by atoms with van der Waals surface area (Å²) in [5.74, 6) is 0.642. The van der Waals surface area contributed by atoms with Gasteiger partial charge in [-0.2, -0.15) is 0 Å². The number of methoxy groups -OCH3 is 1. The molecular formula is C26H28N8O2S. The molecule has 1 atom stereocenters. The van der Waals surface area contributed by atoms with Gasteiger partial charge in [-0.1, -0.05) is 35.1 Å². The molecule has 0 unspecified atom stereocenters. The maximum atomic E-state index is 13.4. The van der Waals surface area contributed by atoms with Gasteiger partial charge in [0.1, 0.15) is 6.04 Å². The number of pyridine rings is 1. The Balaban J connectivity index is 1.35. The van der Waals surface area contributed by atoms with Gasteiger partial charge in [-0.15, -0.1) is 5.10 Å². The van der Waals surface area contributed by atoms with E-state index in [1.807, 2.05) is 37.3 Å². The zero-order valence-electron chi connectivity index (χ0n) is 20.8. The van der Waals surface area contributed by atoms with E-state index in [0.29, 0.717) is 24.5 Å². The summed E-state index contributed by atoms with van der Waals surface area (Å²) in [6, 6.07) is 15.9. The van der Waals surface area contributed by atoms with E-state index >= 15 is 0 Å². The van der Waals surface area contributed by atoms with Crippen molar-refractivity contribution in [2.75, 3.05) is 44.8 Å². The minimum Gasteiger partial charge on any atom is -0.383 e. The maximum Gasteiger partial charge on any atom is 0.253 e. The molecule has 37 heavy (non-hydrogen) atoms. The molecule has 1 aliphatic heterocycles. The average molecular weight is 517 g/mol. The molecule has 3 aromatic heterocycles. The van der Waals surface area contributed by atoms with Crippen molar-refractivity contribution in [2.24, 2.45) is 0 Å². The molecule has 1 fully saturated rings. The summed E-state index contributed by atoms with van der Waals surface area (Å²) in [5, 5.41) is 14.6. The Morgan fingerprint density at radius 3 is 2.76 bits per heavy atom. The van der Waals surface area contributed by atoms with Crippen LogP contribution < -0.4 is 10.5 Å². The third-order valence-corrected chi connectivity index (χ3v) is 7.96. The topological polar surface area (TPSA) is 105 Å². The van der Waals surface area contributed by atoms with Crippen LogP contribution in [-0.2, 0) is 11.3 Å².